The van der Waals surface area contributed by atoms with Crippen LogP contribution in [0.1, 0.15) is 230 Å². The Morgan fingerprint density at radius 2 is 0.856 bits per heavy atom. The number of aryl methyl sites for hydroxylation is 4. The molecule has 0 amide bonds. The van der Waals surface area contributed by atoms with Gasteiger partial charge in [0.05, 0.1) is 82.4 Å². The molecule has 0 radical (unpaired) electrons. The van der Waals surface area contributed by atoms with E-state index in [9.17, 15) is 89.8 Å². The van der Waals surface area contributed by atoms with Crippen LogP contribution in [0.2, 0.25) is 0 Å². The fourth-order valence-electron chi connectivity index (χ4n) is 19.0. The Balaban J connectivity index is 0.000000163. The van der Waals surface area contributed by atoms with Gasteiger partial charge in [0.1, 0.15) is 76.9 Å². The molecule has 0 bridgehead atoms. The average molecular weight is 2020 g/mol. The molecule has 3 aromatic carbocycles. The van der Waals surface area contributed by atoms with E-state index in [2.05, 4.69) is 191 Å². The van der Waals surface area contributed by atoms with Crippen molar-refractivity contribution in [3.63, 3.8) is 0 Å². The molecule has 5 saturated carbocycles. The standard InChI is InChI=1S/C24H26N6O.C21H24F3N5O.C20H22F6N4O.C20H23F2N5O.C20H26N6/c1-15-4-6-16(7-5-15)22-18(11-26-14-29-22)13-28-23-27-12-17(10-25)20(30-23)8-19-9-21(31)24(19,2)3;1-19(2)16(20(3,4)17(19)30)28-15-13(9-25)11-27-18(29-15)26-10-12-7-5-6-8-14(12)21(22,23)24;1-18(2)12(10-31)7-15(18)29-16-14(20(24,25)26)9-28-17(30-16)27-8-11-5-3-4-6-13(11)19(21,22)23;1-19(2)15(8-16(19)28)26-18-13(9-23)11-25-17(27-18)5-4-12-10-24-7-6-14(12)20(3,21)22;1-5-17-15(9-22-12-25-17)11-24-19-23-10-14(8-21)18(26-19)7-16-6-13(2)20(16,3)4/h4-7,11-12,14,19,21,31H,8-9,13H2,1-3H3,(H,27,28,30);5-8,11,16-17,30H,10H2,1-4H3,(H2,26,27,28,29);3-6,9,12,15,31H,7-8,10H2,1-2H3,(H2,27,28,29,30);6-7,10-11,15-16,28H,4-5,8H2,1-3H3,(H,25,26,27);9-10,12-13,16H,5-7,11H2,1-4H3,(H,23,24,26)/t19-,21+;;12-,15+;15-,16-;13-,16+/m0.101/s1. The molecule has 0 aliphatic heterocycles. The third kappa shape index (κ3) is 25.9. The summed E-state index contributed by atoms with van der Waals surface area (Å²) in [4.78, 5) is 63.3. The first-order chi connectivity index (χ1) is 68.7. The molecule has 8 atom stereocenters. The van der Waals surface area contributed by atoms with Crippen LogP contribution in [0.4, 0.5) is 89.5 Å². The van der Waals surface area contributed by atoms with Crippen molar-refractivity contribution in [3.8, 4) is 35.5 Å². The Bertz CT molecular complexity index is 6560. The molecule has 8 heterocycles. The van der Waals surface area contributed by atoms with Gasteiger partial charge in [-0.2, -0.15) is 70.5 Å². The van der Waals surface area contributed by atoms with Crippen LogP contribution in [-0.2, 0) is 82.7 Å². The number of halogens is 11. The molecule has 5 aliphatic rings. The maximum atomic E-state index is 13.8. The summed E-state index contributed by atoms with van der Waals surface area (Å²) in [5.41, 5.74) is 5.38. The number of benzene rings is 3. The molecule has 11 N–H and O–H groups in total. The Morgan fingerprint density at radius 3 is 1.34 bits per heavy atom. The lowest BCUT2D eigenvalue weighted by atomic mass is 9.49. The highest BCUT2D eigenvalue weighted by Gasteiger charge is 2.62. The number of pyridine rings is 1. The summed E-state index contributed by atoms with van der Waals surface area (Å²) in [6.07, 6.45) is 7.01. The number of nitriles is 4. The quantitative estimate of drug-likeness (QED) is 0.0194. The summed E-state index contributed by atoms with van der Waals surface area (Å²) >= 11 is 0. The van der Waals surface area contributed by atoms with Gasteiger partial charge in [-0.15, -0.1) is 0 Å². The second-order valence-corrected chi connectivity index (χ2v) is 41.1. The lowest BCUT2D eigenvalue weighted by Gasteiger charge is -2.62. The fraction of sp³-hybridized carbons (Fsp3) is 0.476. The first-order valence-electron chi connectivity index (χ1n) is 47.8. The molecule has 16 rings (SSSR count). The van der Waals surface area contributed by atoms with E-state index in [1.54, 1.807) is 31.2 Å². The number of aromatic nitrogens is 15. The number of aliphatic hydroxyl groups excluding tert-OH is 4. The number of anilines is 7. The van der Waals surface area contributed by atoms with Gasteiger partial charge in [0.2, 0.25) is 23.8 Å². The third-order valence-electron chi connectivity index (χ3n) is 29.6. The number of aliphatic hydroxyl groups is 4. The summed E-state index contributed by atoms with van der Waals surface area (Å²) < 4.78 is 147. The highest BCUT2D eigenvalue weighted by Crippen LogP contribution is 2.56. The minimum absolute atomic E-state index is 0.0129. The summed E-state index contributed by atoms with van der Waals surface area (Å²) in [6, 6.07) is 27.7. The van der Waals surface area contributed by atoms with Crippen LogP contribution in [-0.4, -0.2) is 138 Å². The SMILES string of the molecule is CC(F)(F)c1ccncc1CCc1ncc(C#N)c(N[C@H]2C[C@H](O)C2(C)C)n1.CC1(C)C(O)C(C)(C)C1Nc1nc(NCc2ccccc2C(F)(F)F)ncc1C#N.CC1(C)[C@@H](CO)C[C@@H]1Nc1nc(NCc2ccccc2C(F)(F)F)ncc1C(F)(F)F.CCc1ncncc1CNc1ncc(C#N)c(C[C@@H]2C[C@@H](C)C2(C)C)n1.Cc1ccc(-c2ncncc2CNc2ncc(C#N)c(C[C@H]3C[C@@H](O)C3(C)C)n2)cc1. The highest BCUT2D eigenvalue weighted by molar-refractivity contribution is 5.64. The van der Waals surface area contributed by atoms with Gasteiger partial charge in [-0.3, -0.25) is 4.98 Å². The van der Waals surface area contributed by atoms with Crippen molar-refractivity contribution in [1.82, 2.24) is 74.8 Å². The van der Waals surface area contributed by atoms with E-state index < -0.39 is 75.4 Å². The van der Waals surface area contributed by atoms with Crippen molar-refractivity contribution in [1.29, 1.82) is 21.0 Å². The summed E-state index contributed by atoms with van der Waals surface area (Å²) in [5, 5.41) is 98.4. The molecule has 30 nitrogen and oxygen atoms in total. The van der Waals surface area contributed by atoms with Crippen molar-refractivity contribution < 1.29 is 68.7 Å². The fourth-order valence-corrected chi connectivity index (χ4v) is 19.0. The average Bonchev–Trinajstić information content (AvgIpc) is 0.711. The number of alkyl halides is 11. The maximum absolute atomic E-state index is 13.8. The van der Waals surface area contributed by atoms with E-state index in [0.29, 0.717) is 120 Å². The van der Waals surface area contributed by atoms with Crippen molar-refractivity contribution in [3.05, 3.63) is 248 Å². The molecular weight excluding hydrogens is 1900 g/mol. The predicted octanol–water partition coefficient (Wildman–Crippen LogP) is 19.6. The second-order valence-electron chi connectivity index (χ2n) is 41.1. The molecule has 0 saturated heterocycles. The molecule has 41 heteroatoms. The summed E-state index contributed by atoms with van der Waals surface area (Å²) in [7, 11) is 0. The molecule has 8 aromatic heterocycles. The van der Waals surface area contributed by atoms with Crippen molar-refractivity contribution >= 4 is 41.2 Å². The summed E-state index contributed by atoms with van der Waals surface area (Å²) in [5.74, 6) is 0.106. The van der Waals surface area contributed by atoms with Crippen molar-refractivity contribution in [2.24, 2.45) is 56.2 Å². The van der Waals surface area contributed by atoms with E-state index in [0.717, 1.165) is 72.1 Å². The monoisotopic (exact) mass is 2020 g/mol. The first kappa shape index (κ1) is 111. The van der Waals surface area contributed by atoms with Crippen LogP contribution >= 0.6 is 0 Å². The largest absolute Gasteiger partial charge is 0.421 e. The Labute approximate surface area is 840 Å². The topological polar surface area (TPSA) is 454 Å². The van der Waals surface area contributed by atoms with Gasteiger partial charge in [-0.1, -0.05) is 163 Å². The second kappa shape index (κ2) is 45.3. The lowest BCUT2D eigenvalue weighted by molar-refractivity contribution is -0.163. The first-order valence-corrected chi connectivity index (χ1v) is 47.8. The minimum atomic E-state index is -4.71. The molecule has 146 heavy (non-hydrogen) atoms. The molecule has 11 aromatic rings. The van der Waals surface area contributed by atoms with Crippen LogP contribution < -0.4 is 37.2 Å². The number of hydrogen-bond acceptors (Lipinski definition) is 30. The number of nitrogens with zero attached hydrogens (tertiary/aromatic N) is 19. The Hall–Kier alpha value is -14.0. The third-order valence-corrected chi connectivity index (χ3v) is 29.6. The van der Waals surface area contributed by atoms with E-state index in [-0.39, 0.29) is 107 Å². The minimum Gasteiger partial charge on any atom is -0.396 e. The number of hydrogen-bond donors (Lipinski definition) is 11. The van der Waals surface area contributed by atoms with Crippen LogP contribution in [0, 0.1) is 108 Å². The molecule has 772 valence electrons. The highest BCUT2D eigenvalue weighted by atomic mass is 19.4. The van der Waals surface area contributed by atoms with Crippen molar-refractivity contribution in [2.45, 2.75) is 256 Å². The van der Waals surface area contributed by atoms with Crippen LogP contribution in [0.3, 0.4) is 0 Å². The zero-order valence-corrected chi connectivity index (χ0v) is 84.0. The van der Waals surface area contributed by atoms with Gasteiger partial charge >= 0.3 is 18.5 Å². The van der Waals surface area contributed by atoms with E-state index in [1.807, 2.05) is 79.8 Å². The summed E-state index contributed by atoms with van der Waals surface area (Å²) in [6.45, 7) is 31.7. The van der Waals surface area contributed by atoms with E-state index >= 15 is 0 Å². The molecule has 0 spiro atoms. The van der Waals surface area contributed by atoms with Crippen molar-refractivity contribution in [2.75, 3.05) is 43.8 Å². The van der Waals surface area contributed by atoms with Gasteiger partial charge in [0.25, 0.3) is 5.92 Å². The van der Waals surface area contributed by atoms with Crippen LogP contribution in [0.15, 0.2) is 147 Å². The Kier molecular flexibility index (Phi) is 34.4. The van der Waals surface area contributed by atoms with Gasteiger partial charge in [-0.25, -0.2) is 68.6 Å². The smallest absolute Gasteiger partial charge is 0.396 e. The van der Waals surface area contributed by atoms with E-state index in [1.165, 1.54) is 79.2 Å². The molecular formula is C105H121F11N26O4. The van der Waals surface area contributed by atoms with Crippen LogP contribution in [0.25, 0.3) is 11.3 Å². The van der Waals surface area contributed by atoms with Gasteiger partial charge < -0.3 is 57.6 Å². The lowest BCUT2D eigenvalue weighted by Crippen LogP contribution is -2.70. The number of rotatable bonds is 29. The predicted molar refractivity (Wildman–Crippen MR) is 527 cm³/mol. The zero-order chi connectivity index (χ0) is 107. The number of nitrogens with one attached hydrogen (secondary N) is 7. The van der Waals surface area contributed by atoms with Gasteiger partial charge in [0.15, 0.2) is 0 Å². The van der Waals surface area contributed by atoms with Gasteiger partial charge in [0, 0.05) is 139 Å². The molecule has 5 fully saturated rings. The molecule has 5 aliphatic carbocycles. The van der Waals surface area contributed by atoms with Gasteiger partial charge in [-0.05, 0) is 133 Å². The van der Waals surface area contributed by atoms with E-state index in [4.69, 9.17) is 0 Å². The zero-order valence-electron chi connectivity index (χ0n) is 84.0. The molecule has 0 unspecified atom stereocenters. The van der Waals surface area contributed by atoms with Crippen LogP contribution in [0.5, 0.6) is 0 Å². The normalized spacial score (nSPS) is 20.8. The maximum Gasteiger partial charge on any atom is 0.421 e. The Morgan fingerprint density at radius 1 is 0.404 bits per heavy atom.